The number of rotatable bonds is 6. The molecule has 0 aliphatic rings. The van der Waals surface area contributed by atoms with Crippen molar-refractivity contribution >= 4 is 34.7 Å². The molecule has 0 aliphatic heterocycles. The van der Waals surface area contributed by atoms with Crippen molar-refractivity contribution in [2.45, 2.75) is 23.5 Å². The zero-order chi connectivity index (χ0) is 24.5. The Bertz CT molecular complexity index is 1380. The fourth-order valence-electron chi connectivity index (χ4n) is 3.22. The van der Waals surface area contributed by atoms with Gasteiger partial charge in [-0.15, -0.1) is 10.2 Å². The predicted octanol–water partition coefficient (Wildman–Crippen LogP) is 5.44. The summed E-state index contributed by atoms with van der Waals surface area (Å²) in [5.41, 5.74) is 0.201. The quantitative estimate of drug-likeness (QED) is 0.221. The van der Waals surface area contributed by atoms with Gasteiger partial charge >= 0.3 is 6.18 Å². The molecule has 4 rings (SSSR count). The maximum atomic E-state index is 13.3. The highest BCUT2D eigenvalue weighted by atomic mass is 32.2. The number of anilines is 1. The molecule has 34 heavy (non-hydrogen) atoms. The predicted molar refractivity (Wildman–Crippen MR) is 119 cm³/mol. The highest BCUT2D eigenvalue weighted by Crippen LogP contribution is 2.37. The van der Waals surface area contributed by atoms with E-state index in [1.807, 2.05) is 0 Å². The third-order valence-electron chi connectivity index (χ3n) is 4.87. The van der Waals surface area contributed by atoms with E-state index >= 15 is 0 Å². The summed E-state index contributed by atoms with van der Waals surface area (Å²) in [6.45, 7) is 1.69. The molecule has 1 amide bonds. The van der Waals surface area contributed by atoms with Crippen LogP contribution in [0.3, 0.4) is 0 Å². The second-order valence-electron chi connectivity index (χ2n) is 7.30. The topological polar surface area (TPSA) is 102 Å². The van der Waals surface area contributed by atoms with E-state index < -0.39 is 27.8 Å². The Morgan fingerprint density at radius 2 is 1.85 bits per heavy atom. The molecule has 2 aromatic carbocycles. The van der Waals surface area contributed by atoms with Crippen LogP contribution in [0.4, 0.5) is 24.5 Å². The molecule has 2 heterocycles. The van der Waals surface area contributed by atoms with Crippen molar-refractivity contribution in [1.82, 2.24) is 14.6 Å². The third-order valence-corrected chi connectivity index (χ3v) is 6.08. The first-order chi connectivity index (χ1) is 16.1. The Balaban J connectivity index is 1.71. The molecule has 4 aromatic rings. The first-order valence-corrected chi connectivity index (χ1v) is 10.7. The molecule has 1 unspecified atom stereocenters. The van der Waals surface area contributed by atoms with E-state index in [2.05, 4.69) is 15.5 Å². The van der Waals surface area contributed by atoms with Gasteiger partial charge in [0, 0.05) is 12.3 Å². The zero-order valence-corrected chi connectivity index (χ0v) is 18.3. The second-order valence-corrected chi connectivity index (χ2v) is 8.37. The van der Waals surface area contributed by atoms with Crippen molar-refractivity contribution in [3.8, 4) is 0 Å². The Hall–Kier alpha value is -3.93. The van der Waals surface area contributed by atoms with Crippen molar-refractivity contribution in [2.24, 2.45) is 0 Å². The molecule has 1 N–H and O–H groups in total. The molecule has 12 heteroatoms. The lowest BCUT2D eigenvalue weighted by atomic mass is 10.1. The van der Waals surface area contributed by atoms with E-state index in [0.717, 1.165) is 28.4 Å². The average molecular weight is 487 g/mol. The van der Waals surface area contributed by atoms with Gasteiger partial charge in [0.05, 0.1) is 10.5 Å². The van der Waals surface area contributed by atoms with Crippen LogP contribution < -0.4 is 5.32 Å². The number of amides is 1. The smallest absolute Gasteiger partial charge is 0.319 e. The number of nitro groups is 1. The van der Waals surface area contributed by atoms with Crippen LogP contribution in [-0.2, 0) is 11.0 Å². The first kappa shape index (κ1) is 23.2. The minimum Gasteiger partial charge on any atom is -0.319 e. The summed E-state index contributed by atoms with van der Waals surface area (Å²) >= 11 is 0.882. The standard InChI is InChI=1S/C22H16F3N5O3S/c1-13-7-9-16(17(11-13)30(32)33)26-20(31)19(14-5-3-2-4-6-14)34-21-28-27-18-10-8-15(12-29(18)21)22(23,24)25/h2-12,19H,1H3,(H,26,31). The normalized spacial score (nSPS) is 12.5. The lowest BCUT2D eigenvalue weighted by Crippen LogP contribution is -2.20. The van der Waals surface area contributed by atoms with Crippen molar-refractivity contribution < 1.29 is 22.9 Å². The lowest BCUT2D eigenvalue weighted by molar-refractivity contribution is -0.384. The van der Waals surface area contributed by atoms with Gasteiger partial charge in [-0.1, -0.05) is 48.2 Å². The molecule has 2 aromatic heterocycles. The summed E-state index contributed by atoms with van der Waals surface area (Å²) in [7, 11) is 0. The minimum atomic E-state index is -4.57. The number of thioether (sulfide) groups is 1. The molecule has 0 bridgehead atoms. The largest absolute Gasteiger partial charge is 0.417 e. The van der Waals surface area contributed by atoms with Crippen molar-refractivity contribution in [3.63, 3.8) is 0 Å². The molecular weight excluding hydrogens is 471 g/mol. The molecule has 8 nitrogen and oxygen atoms in total. The van der Waals surface area contributed by atoms with Gasteiger partial charge in [0.15, 0.2) is 10.8 Å². The van der Waals surface area contributed by atoms with E-state index in [-0.39, 0.29) is 22.2 Å². The number of carbonyl (C=O) groups excluding carboxylic acids is 1. The monoisotopic (exact) mass is 487 g/mol. The molecule has 0 radical (unpaired) electrons. The van der Waals surface area contributed by atoms with Gasteiger partial charge in [-0.25, -0.2) is 0 Å². The number of benzene rings is 2. The van der Waals surface area contributed by atoms with Gasteiger partial charge in [-0.2, -0.15) is 13.2 Å². The van der Waals surface area contributed by atoms with Crippen LogP contribution in [0.25, 0.3) is 5.65 Å². The fourth-order valence-corrected chi connectivity index (χ4v) is 4.24. The van der Waals surface area contributed by atoms with Crippen LogP contribution in [0.1, 0.15) is 21.9 Å². The van der Waals surface area contributed by atoms with Gasteiger partial charge in [0.25, 0.3) is 5.69 Å². The molecule has 174 valence electrons. The maximum absolute atomic E-state index is 13.3. The third kappa shape index (κ3) is 4.86. The summed E-state index contributed by atoms with van der Waals surface area (Å²) in [4.78, 5) is 24.1. The van der Waals surface area contributed by atoms with Gasteiger partial charge in [0.1, 0.15) is 10.9 Å². The van der Waals surface area contributed by atoms with Gasteiger partial charge in [0.2, 0.25) is 5.91 Å². The van der Waals surface area contributed by atoms with Crippen molar-refractivity contribution in [3.05, 3.63) is 93.7 Å². The van der Waals surface area contributed by atoms with E-state index in [0.29, 0.717) is 11.1 Å². The van der Waals surface area contributed by atoms with Crippen LogP contribution in [0, 0.1) is 17.0 Å². The number of nitrogens with one attached hydrogen (secondary N) is 1. The lowest BCUT2D eigenvalue weighted by Gasteiger charge is -2.16. The summed E-state index contributed by atoms with van der Waals surface area (Å²) in [5.74, 6) is -0.605. The Kier molecular flexibility index (Phi) is 6.24. The van der Waals surface area contributed by atoms with Gasteiger partial charge in [-0.05, 0) is 36.2 Å². The Morgan fingerprint density at radius 3 is 2.53 bits per heavy atom. The van der Waals surface area contributed by atoms with E-state index in [1.54, 1.807) is 43.3 Å². The molecule has 0 saturated heterocycles. The summed E-state index contributed by atoms with van der Waals surface area (Å²) in [6, 6.07) is 15.0. The van der Waals surface area contributed by atoms with Crippen LogP contribution in [0.5, 0.6) is 0 Å². The zero-order valence-electron chi connectivity index (χ0n) is 17.5. The number of nitro benzene ring substituents is 1. The van der Waals surface area contributed by atoms with Gasteiger partial charge in [-0.3, -0.25) is 19.3 Å². The van der Waals surface area contributed by atoms with Crippen LogP contribution in [0.15, 0.2) is 72.0 Å². The number of hydrogen-bond donors (Lipinski definition) is 1. The fraction of sp³-hybridized carbons (Fsp3) is 0.136. The molecular formula is C22H16F3N5O3S. The van der Waals surface area contributed by atoms with Crippen LogP contribution in [0.2, 0.25) is 0 Å². The molecule has 0 fully saturated rings. The Morgan fingerprint density at radius 1 is 1.12 bits per heavy atom. The number of aryl methyl sites for hydroxylation is 1. The van der Waals surface area contributed by atoms with Crippen molar-refractivity contribution in [2.75, 3.05) is 5.32 Å². The van der Waals surface area contributed by atoms with Crippen LogP contribution >= 0.6 is 11.8 Å². The average Bonchev–Trinajstić information content (AvgIpc) is 3.20. The minimum absolute atomic E-state index is 0.00703. The van der Waals surface area contributed by atoms with Crippen LogP contribution in [-0.4, -0.2) is 25.4 Å². The van der Waals surface area contributed by atoms with E-state index in [1.165, 1.54) is 18.2 Å². The first-order valence-electron chi connectivity index (χ1n) is 9.83. The molecule has 0 saturated carbocycles. The van der Waals surface area contributed by atoms with Crippen molar-refractivity contribution in [1.29, 1.82) is 0 Å². The highest BCUT2D eigenvalue weighted by molar-refractivity contribution is 8.00. The summed E-state index contributed by atoms with van der Waals surface area (Å²) in [5, 5.41) is 20.9. The number of nitrogens with zero attached hydrogens (tertiary/aromatic N) is 4. The molecule has 0 aliphatic carbocycles. The van der Waals surface area contributed by atoms with Gasteiger partial charge < -0.3 is 5.32 Å². The number of fused-ring (bicyclic) bond motifs is 1. The molecule has 0 spiro atoms. The number of aromatic nitrogens is 3. The summed E-state index contributed by atoms with van der Waals surface area (Å²) < 4.78 is 40.8. The van der Waals surface area contributed by atoms with E-state index in [4.69, 9.17) is 0 Å². The number of hydrogen-bond acceptors (Lipinski definition) is 6. The highest BCUT2D eigenvalue weighted by Gasteiger charge is 2.32. The number of carbonyl (C=O) groups is 1. The maximum Gasteiger partial charge on any atom is 0.417 e. The number of pyridine rings is 1. The SMILES string of the molecule is Cc1ccc(NC(=O)C(Sc2nnc3ccc(C(F)(F)F)cn23)c2ccccc2)c([N+](=O)[O-])c1. The number of halogens is 3. The van der Waals surface area contributed by atoms with E-state index in [9.17, 15) is 28.1 Å². The molecule has 1 atom stereocenters. The number of alkyl halides is 3. The Labute approximate surface area is 195 Å². The summed E-state index contributed by atoms with van der Waals surface area (Å²) in [6.07, 6.45) is -3.70. The second kappa shape index (κ2) is 9.14.